The van der Waals surface area contributed by atoms with Crippen molar-refractivity contribution in [1.82, 2.24) is 5.10 Å². The Labute approximate surface area is 247 Å². The Morgan fingerprint density at radius 3 is 2.45 bits per heavy atom. The zero-order chi connectivity index (χ0) is 31.0. The minimum Gasteiger partial charge on any atom is -0.492 e. The van der Waals surface area contributed by atoms with Gasteiger partial charge in [0.05, 0.1) is 47.9 Å². The number of aromatic nitrogens is 2. The third-order valence-corrected chi connectivity index (χ3v) is 7.83. The van der Waals surface area contributed by atoms with E-state index < -0.39 is 15.9 Å². The van der Waals surface area contributed by atoms with Crippen molar-refractivity contribution in [1.29, 1.82) is 0 Å². The van der Waals surface area contributed by atoms with Gasteiger partial charge in [0, 0.05) is 31.0 Å². The summed E-state index contributed by atoms with van der Waals surface area (Å²) in [4.78, 5) is 13.5. The van der Waals surface area contributed by atoms with Crippen molar-refractivity contribution in [2.75, 3.05) is 28.4 Å². The van der Waals surface area contributed by atoms with Crippen LogP contribution in [0, 0.1) is 6.92 Å². The molecular formula is C30H42N7O4S+. The summed E-state index contributed by atoms with van der Waals surface area (Å²) >= 11 is 0. The number of anilines is 3. The number of hydrogen-bond donors (Lipinski definition) is 5. The third-order valence-electron chi connectivity index (χ3n) is 7.24. The molecule has 7 N–H and O–H groups in total. The van der Waals surface area contributed by atoms with Crippen molar-refractivity contribution in [3.8, 4) is 5.75 Å². The molecule has 226 valence electrons. The smallest absolute Gasteiger partial charge is 0.255 e. The molecule has 1 saturated carbocycles. The zero-order valence-corrected chi connectivity index (χ0v) is 26.1. The van der Waals surface area contributed by atoms with E-state index in [1.54, 1.807) is 30.5 Å². The summed E-state index contributed by atoms with van der Waals surface area (Å²) in [5.41, 5.74) is 11.9. The number of nitrogens with zero attached hydrogens (tertiary/aromatic N) is 2. The molecule has 1 amide bonds. The molecule has 42 heavy (non-hydrogen) atoms. The molecule has 0 unspecified atom stereocenters. The van der Waals surface area contributed by atoms with Gasteiger partial charge >= 0.3 is 0 Å². The number of aromatic amines is 1. The second-order valence-electron chi connectivity index (χ2n) is 11.8. The molecule has 1 aliphatic carbocycles. The molecule has 12 heteroatoms. The first-order valence-electron chi connectivity index (χ1n) is 13.9. The van der Waals surface area contributed by atoms with E-state index in [0.29, 0.717) is 28.7 Å². The topological polar surface area (TPSA) is 159 Å². The number of hydrogen-bond acceptors (Lipinski definition) is 7. The Hall–Kier alpha value is -4.03. The van der Waals surface area contributed by atoms with Gasteiger partial charge in [-0.05, 0) is 47.7 Å². The quantitative estimate of drug-likeness (QED) is 0.134. The number of methoxy groups -OCH3 is 1. The monoisotopic (exact) mass is 596 g/mol. The van der Waals surface area contributed by atoms with E-state index in [-0.39, 0.29) is 16.9 Å². The fraction of sp³-hybridized carbons (Fsp3) is 0.400. The molecule has 1 aliphatic rings. The second kappa shape index (κ2) is 11.7. The van der Waals surface area contributed by atoms with Crippen molar-refractivity contribution in [3.05, 3.63) is 70.7 Å². The molecule has 1 heterocycles. The number of sulfonamides is 1. The Bertz CT molecular complexity index is 1630. The highest BCUT2D eigenvalue weighted by Gasteiger charge is 2.37. The average molecular weight is 597 g/mol. The molecule has 0 saturated heterocycles. The maximum Gasteiger partial charge on any atom is 0.255 e. The van der Waals surface area contributed by atoms with Crippen LogP contribution in [-0.4, -0.2) is 32.8 Å². The number of amides is 1. The zero-order valence-electron chi connectivity index (χ0n) is 25.3. The highest BCUT2D eigenvalue weighted by molar-refractivity contribution is 7.92. The first kappa shape index (κ1) is 30.9. The van der Waals surface area contributed by atoms with Crippen LogP contribution >= 0.6 is 0 Å². The van der Waals surface area contributed by atoms with Crippen LogP contribution in [-0.2, 0) is 21.9 Å². The molecule has 2 aromatic carbocycles. The van der Waals surface area contributed by atoms with E-state index in [1.165, 1.54) is 12.1 Å². The van der Waals surface area contributed by atoms with Crippen molar-refractivity contribution in [2.45, 2.75) is 65.3 Å². The predicted molar refractivity (Wildman–Crippen MR) is 167 cm³/mol. The molecule has 1 aromatic heterocycles. The molecule has 0 aliphatic heterocycles. The number of H-pyrrole nitrogens is 1. The van der Waals surface area contributed by atoms with Gasteiger partial charge in [-0.25, -0.2) is 14.3 Å². The number of ether oxygens (including phenoxy) is 1. The van der Waals surface area contributed by atoms with Crippen LogP contribution in [0.25, 0.3) is 5.70 Å². The summed E-state index contributed by atoms with van der Waals surface area (Å²) in [6.07, 6.45) is 7.75. The van der Waals surface area contributed by atoms with Gasteiger partial charge in [0.25, 0.3) is 5.91 Å². The van der Waals surface area contributed by atoms with Crippen LogP contribution in [0.2, 0.25) is 0 Å². The normalized spacial score (nSPS) is 14.0. The summed E-state index contributed by atoms with van der Waals surface area (Å²) in [6, 6.07) is 9.19. The standard InChI is InChI=1S/C30H41N7O4S/c1-8-26-22(16-33-37(26)21-11-12-21)23(31)17-36(32)27-13-19(10-9-18(27)2)29(38)34-24-14-20(30(3,4)5)15-25(28(24)41-6)35-42(7,39)40/h9-10,13-17,21,35H,8,11-12,31-32H2,1-7H3,(H,34,38)/p+1/b23-17-. The minimum atomic E-state index is -3.61. The lowest BCUT2D eigenvalue weighted by Crippen LogP contribution is -2.38. The highest BCUT2D eigenvalue weighted by atomic mass is 32.2. The summed E-state index contributed by atoms with van der Waals surface area (Å²) < 4.78 is 34.3. The van der Waals surface area contributed by atoms with E-state index in [9.17, 15) is 13.2 Å². The molecule has 0 atom stereocenters. The van der Waals surface area contributed by atoms with Crippen molar-refractivity contribution >= 4 is 38.7 Å². The lowest BCUT2D eigenvalue weighted by Gasteiger charge is -2.24. The summed E-state index contributed by atoms with van der Waals surface area (Å²) in [5, 5.41) is 7.63. The number of carbonyl (C=O) groups excluding carboxylic acids is 1. The van der Waals surface area contributed by atoms with Crippen LogP contribution in [0.5, 0.6) is 5.75 Å². The van der Waals surface area contributed by atoms with Crippen LogP contribution < -0.4 is 36.0 Å². The maximum atomic E-state index is 13.5. The molecule has 0 spiro atoms. The van der Waals surface area contributed by atoms with Gasteiger partial charge in [0.2, 0.25) is 15.7 Å². The van der Waals surface area contributed by atoms with Gasteiger partial charge in [-0.15, -0.1) is 4.68 Å². The Balaban J connectivity index is 1.65. The third kappa shape index (κ3) is 6.88. The van der Waals surface area contributed by atoms with Gasteiger partial charge in [0.15, 0.2) is 11.8 Å². The molecule has 3 aromatic rings. The lowest BCUT2D eigenvalue weighted by molar-refractivity contribution is -0.759. The van der Waals surface area contributed by atoms with Gasteiger partial charge in [0.1, 0.15) is 0 Å². The van der Waals surface area contributed by atoms with E-state index in [1.807, 2.05) is 40.0 Å². The summed E-state index contributed by atoms with van der Waals surface area (Å²) in [5.74, 6) is 6.25. The fourth-order valence-electron chi connectivity index (χ4n) is 4.86. The lowest BCUT2D eigenvalue weighted by atomic mass is 9.86. The van der Waals surface area contributed by atoms with Crippen LogP contribution in [0.3, 0.4) is 0 Å². The molecule has 0 bridgehead atoms. The SMILES string of the molecule is CCc1c(/C(N)=C/N(N)c2cc(C(=O)Nc3cc(C(C)(C)C)cc(NS(C)(=O)=O)c3OC)ccc2C)c[nH][n+]1C1CC1. The highest BCUT2D eigenvalue weighted by Crippen LogP contribution is 2.39. The molecule has 11 nitrogen and oxygen atoms in total. The Morgan fingerprint density at radius 2 is 1.88 bits per heavy atom. The van der Waals surface area contributed by atoms with E-state index >= 15 is 0 Å². The molecular weight excluding hydrogens is 554 g/mol. The first-order valence-corrected chi connectivity index (χ1v) is 15.8. The molecule has 1 fully saturated rings. The van der Waals surface area contributed by atoms with E-state index in [2.05, 4.69) is 26.7 Å². The van der Waals surface area contributed by atoms with Crippen molar-refractivity contribution in [3.63, 3.8) is 0 Å². The van der Waals surface area contributed by atoms with E-state index in [0.717, 1.165) is 47.9 Å². The van der Waals surface area contributed by atoms with Crippen LogP contribution in [0.15, 0.2) is 42.7 Å². The number of hydrazine groups is 1. The molecule has 0 radical (unpaired) electrons. The average Bonchev–Trinajstić information content (AvgIpc) is 3.64. The minimum absolute atomic E-state index is 0.201. The summed E-state index contributed by atoms with van der Waals surface area (Å²) in [6.45, 7) is 9.98. The second-order valence-corrected chi connectivity index (χ2v) is 13.5. The largest absolute Gasteiger partial charge is 0.492 e. The van der Waals surface area contributed by atoms with Gasteiger partial charge in [-0.3, -0.25) is 14.5 Å². The number of nitrogens with two attached hydrogens (primary N) is 2. The summed E-state index contributed by atoms with van der Waals surface area (Å²) in [7, 11) is -2.19. The van der Waals surface area contributed by atoms with Crippen LogP contribution in [0.1, 0.15) is 79.3 Å². The number of benzene rings is 2. The van der Waals surface area contributed by atoms with Gasteiger partial charge in [-0.2, -0.15) is 5.10 Å². The first-order chi connectivity index (χ1) is 19.6. The number of rotatable bonds is 10. The van der Waals surface area contributed by atoms with E-state index in [4.69, 9.17) is 16.3 Å². The maximum absolute atomic E-state index is 13.5. The Morgan fingerprint density at radius 1 is 1.21 bits per heavy atom. The van der Waals surface area contributed by atoms with Gasteiger partial charge < -0.3 is 15.8 Å². The number of carbonyl (C=O) groups is 1. The van der Waals surface area contributed by atoms with Crippen molar-refractivity contribution < 1.29 is 22.6 Å². The van der Waals surface area contributed by atoms with Crippen molar-refractivity contribution in [2.24, 2.45) is 11.6 Å². The Kier molecular flexibility index (Phi) is 8.60. The molecule has 4 rings (SSSR count). The number of nitrogens with one attached hydrogen (secondary N) is 3. The predicted octanol–water partition coefficient (Wildman–Crippen LogP) is 4.08. The van der Waals surface area contributed by atoms with Crippen LogP contribution in [0.4, 0.5) is 17.1 Å². The van der Waals surface area contributed by atoms with Gasteiger partial charge in [-0.1, -0.05) is 33.8 Å². The number of aryl methyl sites for hydroxylation is 1. The fourth-order valence-corrected chi connectivity index (χ4v) is 5.41.